The van der Waals surface area contributed by atoms with Crippen molar-refractivity contribution >= 4 is 41.5 Å². The third kappa shape index (κ3) is 8.00. The molecule has 2 amide bonds. The van der Waals surface area contributed by atoms with Gasteiger partial charge in [-0.25, -0.2) is 4.79 Å². The Labute approximate surface area is 319 Å². The number of hydrogen-bond donors (Lipinski definition) is 7. The number of nitrogens with zero attached hydrogens (tertiary/aromatic N) is 1. The van der Waals surface area contributed by atoms with Crippen molar-refractivity contribution in [2.45, 2.75) is 107 Å². The van der Waals surface area contributed by atoms with Gasteiger partial charge in [-0.3, -0.25) is 29.5 Å². The molecular weight excluding hydrogens is 715 g/mol. The maximum Gasteiger partial charge on any atom is 0.353 e. The summed E-state index contributed by atoms with van der Waals surface area (Å²) in [5.41, 5.74) is 2.56. The SMILES string of the molecule is CNCNC(CCC(=O)NC(CSC12C=CC3(CCCCCC14CCCC4)CC(Cc1ccncc1)=CC1C(=O)OC2=C13)C(=O)NC(O)C(=O)O)C(=O)O. The summed E-state index contributed by atoms with van der Waals surface area (Å²) in [4.78, 5) is 68.4. The van der Waals surface area contributed by atoms with Gasteiger partial charge in [0.2, 0.25) is 18.0 Å². The van der Waals surface area contributed by atoms with E-state index in [-0.39, 0.29) is 36.6 Å². The number of aliphatic hydroxyl groups is 1. The first-order valence-electron chi connectivity index (χ1n) is 18.9. The summed E-state index contributed by atoms with van der Waals surface area (Å²) in [5, 5.41) is 39.4. The minimum Gasteiger partial charge on any atom is -0.480 e. The fourth-order valence-corrected chi connectivity index (χ4v) is 11.1. The molecule has 6 unspecified atom stereocenters. The van der Waals surface area contributed by atoms with E-state index >= 15 is 0 Å². The van der Waals surface area contributed by atoms with Gasteiger partial charge in [-0.2, -0.15) is 0 Å². The number of allylic oxidation sites excluding steroid dienone is 2. The van der Waals surface area contributed by atoms with Crippen LogP contribution in [0.2, 0.25) is 0 Å². The molecule has 5 aliphatic rings. The van der Waals surface area contributed by atoms with Gasteiger partial charge in [0, 0.05) is 36.7 Å². The highest BCUT2D eigenvalue weighted by Gasteiger charge is 2.63. The molecule has 292 valence electrons. The first-order chi connectivity index (χ1) is 25.9. The first kappa shape index (κ1) is 39.6. The number of aliphatic carboxylic acids is 2. The average Bonchev–Trinajstić information content (AvgIpc) is 3.77. The Morgan fingerprint density at radius 1 is 0.963 bits per heavy atom. The molecule has 0 saturated heterocycles. The number of aliphatic hydroxyl groups excluding tert-OH is 1. The Hall–Kier alpha value is -4.05. The largest absolute Gasteiger partial charge is 0.480 e. The Morgan fingerprint density at radius 2 is 1.67 bits per heavy atom. The van der Waals surface area contributed by atoms with Crippen LogP contribution in [0.15, 0.2) is 59.7 Å². The van der Waals surface area contributed by atoms with Crippen LogP contribution < -0.4 is 21.3 Å². The lowest BCUT2D eigenvalue weighted by molar-refractivity contribution is -0.151. The number of rotatable bonds is 16. The lowest BCUT2D eigenvalue weighted by atomic mass is 9.56. The van der Waals surface area contributed by atoms with E-state index in [0.717, 1.165) is 75.3 Å². The molecule has 2 bridgehead atoms. The van der Waals surface area contributed by atoms with Gasteiger partial charge in [-0.1, -0.05) is 55.9 Å². The molecule has 7 N–H and O–H groups in total. The fraction of sp³-hybridized carbons (Fsp3) is 0.590. The van der Waals surface area contributed by atoms with Crippen LogP contribution in [0.3, 0.4) is 0 Å². The molecule has 1 saturated carbocycles. The van der Waals surface area contributed by atoms with Crippen LogP contribution in [0.1, 0.15) is 82.6 Å². The maximum atomic E-state index is 14.0. The monoisotopic (exact) mass is 765 g/mol. The molecule has 54 heavy (non-hydrogen) atoms. The van der Waals surface area contributed by atoms with Crippen molar-refractivity contribution < 1.29 is 44.0 Å². The molecule has 6 atom stereocenters. The maximum absolute atomic E-state index is 14.0. The quantitative estimate of drug-likeness (QED) is 0.0733. The number of carbonyl (C=O) groups excluding carboxylic acids is 3. The second kappa shape index (κ2) is 16.8. The van der Waals surface area contributed by atoms with Crippen LogP contribution in [-0.4, -0.2) is 92.6 Å². The zero-order valence-corrected chi connectivity index (χ0v) is 31.4. The summed E-state index contributed by atoms with van der Waals surface area (Å²) < 4.78 is 5.60. The third-order valence-corrected chi connectivity index (χ3v) is 13.6. The van der Waals surface area contributed by atoms with Gasteiger partial charge in [-0.05, 0) is 80.7 Å². The van der Waals surface area contributed by atoms with Crippen molar-refractivity contribution in [1.29, 1.82) is 0 Å². The Morgan fingerprint density at radius 3 is 2.35 bits per heavy atom. The molecule has 2 heterocycles. The number of hydrogen-bond acceptors (Lipinski definition) is 11. The van der Waals surface area contributed by atoms with Crippen molar-refractivity contribution in [1.82, 2.24) is 26.3 Å². The highest BCUT2D eigenvalue weighted by molar-refractivity contribution is 8.01. The molecule has 1 aromatic heterocycles. The minimum atomic E-state index is -2.20. The second-order valence-corrected chi connectivity index (χ2v) is 16.6. The smallest absolute Gasteiger partial charge is 0.353 e. The Kier molecular flexibility index (Phi) is 12.3. The van der Waals surface area contributed by atoms with Crippen molar-refractivity contribution in [3.05, 3.63) is 65.2 Å². The van der Waals surface area contributed by atoms with Gasteiger partial charge >= 0.3 is 17.9 Å². The van der Waals surface area contributed by atoms with E-state index < -0.39 is 58.1 Å². The minimum absolute atomic E-state index is 0.0362. The van der Waals surface area contributed by atoms with Crippen LogP contribution in [0.25, 0.3) is 0 Å². The van der Waals surface area contributed by atoms with E-state index in [1.54, 1.807) is 19.4 Å². The zero-order chi connectivity index (χ0) is 38.5. The predicted octanol–water partition coefficient (Wildman–Crippen LogP) is 2.94. The van der Waals surface area contributed by atoms with Crippen molar-refractivity contribution in [2.75, 3.05) is 19.5 Å². The van der Waals surface area contributed by atoms with Crippen molar-refractivity contribution in [2.24, 2.45) is 16.7 Å². The number of carbonyl (C=O) groups is 5. The number of carboxylic acids is 2. The topological polar surface area (TPSA) is 216 Å². The number of esters is 1. The molecule has 1 aromatic rings. The van der Waals surface area contributed by atoms with Crippen LogP contribution in [0.5, 0.6) is 0 Å². The van der Waals surface area contributed by atoms with Crippen LogP contribution in [0.4, 0.5) is 0 Å². The number of aromatic nitrogens is 1. The van der Waals surface area contributed by atoms with Gasteiger partial charge in [0.25, 0.3) is 0 Å². The van der Waals surface area contributed by atoms with E-state index in [1.807, 2.05) is 12.1 Å². The Balaban J connectivity index is 1.35. The summed E-state index contributed by atoms with van der Waals surface area (Å²) in [6.45, 7) is 0.205. The predicted molar refractivity (Wildman–Crippen MR) is 199 cm³/mol. The number of pyridine rings is 1. The summed E-state index contributed by atoms with van der Waals surface area (Å²) in [6.07, 6.45) is 17.6. The van der Waals surface area contributed by atoms with Crippen LogP contribution in [0, 0.1) is 16.7 Å². The zero-order valence-electron chi connectivity index (χ0n) is 30.6. The lowest BCUT2D eigenvalue weighted by Crippen LogP contribution is -2.54. The van der Waals surface area contributed by atoms with Gasteiger partial charge in [-0.15, -0.1) is 11.8 Å². The molecule has 2 spiro atoms. The normalized spacial score (nSPS) is 27.0. The van der Waals surface area contributed by atoms with Crippen molar-refractivity contribution in [3.8, 4) is 0 Å². The van der Waals surface area contributed by atoms with Crippen LogP contribution >= 0.6 is 11.8 Å². The number of nitrogens with one attached hydrogen (secondary N) is 4. The number of ether oxygens (including phenoxy) is 1. The lowest BCUT2D eigenvalue weighted by Gasteiger charge is -2.53. The Bertz CT molecular complexity index is 1710. The molecule has 1 fully saturated rings. The molecule has 14 nitrogen and oxygen atoms in total. The number of thioether (sulfide) groups is 1. The highest BCUT2D eigenvalue weighted by Crippen LogP contribution is 2.67. The van der Waals surface area contributed by atoms with E-state index in [4.69, 9.17) is 4.74 Å². The molecule has 15 heteroatoms. The molecule has 0 aromatic carbocycles. The molecule has 4 aliphatic carbocycles. The van der Waals surface area contributed by atoms with E-state index in [9.17, 15) is 39.3 Å². The summed E-state index contributed by atoms with van der Waals surface area (Å²) in [7, 11) is 1.65. The molecule has 6 rings (SSSR count). The summed E-state index contributed by atoms with van der Waals surface area (Å²) in [6, 6.07) is 1.65. The van der Waals surface area contributed by atoms with Gasteiger partial charge in [0.1, 0.15) is 23.8 Å². The van der Waals surface area contributed by atoms with Gasteiger partial charge in [0.15, 0.2) is 0 Å². The second-order valence-electron chi connectivity index (χ2n) is 15.3. The number of carboxylic acid groups (broad SMARTS) is 2. The molecule has 0 radical (unpaired) electrons. The fourth-order valence-electron chi connectivity index (χ4n) is 9.33. The number of amides is 2. The summed E-state index contributed by atoms with van der Waals surface area (Å²) in [5.74, 6) is -4.56. The van der Waals surface area contributed by atoms with Crippen LogP contribution in [-0.2, 0) is 35.1 Å². The molecular formula is C39H51N5O9S. The van der Waals surface area contributed by atoms with Gasteiger partial charge in [0.05, 0.1) is 4.75 Å². The highest BCUT2D eigenvalue weighted by atomic mass is 32.2. The summed E-state index contributed by atoms with van der Waals surface area (Å²) >= 11 is 1.42. The van der Waals surface area contributed by atoms with Crippen molar-refractivity contribution in [3.63, 3.8) is 0 Å². The molecule has 1 aliphatic heterocycles. The van der Waals surface area contributed by atoms with E-state index in [0.29, 0.717) is 12.2 Å². The third-order valence-electron chi connectivity index (χ3n) is 11.9. The average molecular weight is 766 g/mol. The standard InChI is InChI=1S/C39H51N5O9S/c1-40-23-42-27(34(48)49)7-8-29(45)43-28(32(46)44-33(47)35(50)51)22-54-39-16-15-37(11-3-2-4-12-38(39)13-5-6-14-38)21-25(19-24-9-17-41-18-10-24)20-26-30(37)31(39)53-36(26)52/h9-10,15-18,20,26-28,33,40,42,47H,2-8,11-14,19,21-23H2,1H3,(H,43,45)(H,44,46)(H,48,49)(H,50,51). The van der Waals surface area contributed by atoms with Gasteiger partial charge < -0.3 is 36.0 Å². The van der Waals surface area contributed by atoms with E-state index in [2.05, 4.69) is 44.5 Å². The number of fused-ring (bicyclic) bond motifs is 3. The first-order valence-corrected chi connectivity index (χ1v) is 19.9. The van der Waals surface area contributed by atoms with E-state index in [1.165, 1.54) is 17.3 Å².